The van der Waals surface area contributed by atoms with Crippen molar-refractivity contribution in [3.05, 3.63) is 0 Å². The lowest BCUT2D eigenvalue weighted by Crippen LogP contribution is -2.28. The first-order valence-corrected chi connectivity index (χ1v) is 30.9. The number of phosphoric acid groups is 1. The summed E-state index contributed by atoms with van der Waals surface area (Å²) in [6.07, 6.45) is 65.8. The zero-order valence-electron chi connectivity index (χ0n) is 43.9. The molecule has 390 valence electrons. The van der Waals surface area contributed by atoms with Crippen molar-refractivity contribution in [1.82, 2.24) is 0 Å². The fraction of sp³-hybridized carbons (Fsp3) is 0.982. The van der Waals surface area contributed by atoms with Crippen molar-refractivity contribution in [3.63, 3.8) is 0 Å². The average Bonchev–Trinajstić information content (AvgIpc) is 3.29. The maximum Gasteiger partial charge on any atom is 0.469 e. The second-order valence-corrected chi connectivity index (χ2v) is 21.6. The number of carbonyl (C=O) groups is 1. The van der Waals surface area contributed by atoms with E-state index in [0.29, 0.717) is 13.0 Å². The first-order chi connectivity index (χ1) is 31.9. The minimum Gasteiger partial charge on any atom is -0.457 e. The summed E-state index contributed by atoms with van der Waals surface area (Å²) in [5.74, 6) is -0.350. The summed E-state index contributed by atoms with van der Waals surface area (Å²) in [6, 6.07) is 0. The molecule has 0 radical (unpaired) electrons. The molecule has 65 heavy (non-hydrogen) atoms. The maximum absolute atomic E-state index is 12.5. The molecule has 2 N–H and O–H groups in total. The summed E-state index contributed by atoms with van der Waals surface area (Å²) in [6.45, 7) is 4.85. The van der Waals surface area contributed by atoms with Gasteiger partial charge in [0.2, 0.25) is 0 Å². The van der Waals surface area contributed by atoms with Gasteiger partial charge >= 0.3 is 13.8 Å². The second kappa shape index (κ2) is 54.5. The summed E-state index contributed by atoms with van der Waals surface area (Å²) in [4.78, 5) is 30.9. The molecule has 0 aromatic heterocycles. The van der Waals surface area contributed by atoms with Crippen molar-refractivity contribution >= 4 is 13.8 Å². The third-order valence-electron chi connectivity index (χ3n) is 13.7. The molecule has 7 nitrogen and oxygen atoms in total. The molecule has 0 rings (SSSR count). The van der Waals surface area contributed by atoms with E-state index in [1.54, 1.807) is 0 Å². The molecule has 8 heteroatoms. The van der Waals surface area contributed by atoms with Gasteiger partial charge in [0.15, 0.2) is 0 Å². The van der Waals surface area contributed by atoms with Crippen LogP contribution in [0.15, 0.2) is 0 Å². The van der Waals surface area contributed by atoms with Crippen LogP contribution in [0.1, 0.15) is 335 Å². The van der Waals surface area contributed by atoms with E-state index in [9.17, 15) is 19.1 Å². The number of esters is 1. The first kappa shape index (κ1) is 64.5. The Balaban J connectivity index is 3.58. The molecule has 0 saturated heterocycles. The van der Waals surface area contributed by atoms with Crippen molar-refractivity contribution in [2.45, 2.75) is 341 Å². The van der Waals surface area contributed by atoms with Crippen LogP contribution < -0.4 is 0 Å². The van der Waals surface area contributed by atoms with E-state index in [0.717, 1.165) is 32.1 Å². The third kappa shape index (κ3) is 57.8. The Hall–Kier alpha value is -0.460. The Labute approximate surface area is 406 Å². The Kier molecular flexibility index (Phi) is 54.1. The second-order valence-electron chi connectivity index (χ2n) is 20.3. The molecule has 0 spiro atoms. The molecule has 0 aliphatic heterocycles. The molecular weight excluding hydrogens is 828 g/mol. The highest BCUT2D eigenvalue weighted by Gasteiger charge is 2.21. The van der Waals surface area contributed by atoms with Crippen molar-refractivity contribution in [1.29, 1.82) is 0 Å². The standard InChI is InChI=1S/C57H115O7P/c1-3-5-7-9-11-13-15-17-19-21-23-25-26-27-28-29-30-31-32-33-34-36-38-40-42-44-46-48-50-52-57(58)64-56(55-63-65(59,60)61)54-62-53-51-49-47-45-43-41-39-37-35-24-22-20-18-16-14-12-10-8-6-4-2/h56H,3-55H2,1-2H3,(H2,59,60,61)/t56-/m1/s1. The van der Waals surface area contributed by atoms with Gasteiger partial charge < -0.3 is 19.3 Å². The molecule has 0 heterocycles. The topological polar surface area (TPSA) is 102 Å². The summed E-state index contributed by atoms with van der Waals surface area (Å²) < 4.78 is 27.2. The number of unbranched alkanes of at least 4 members (excludes halogenated alkanes) is 47. The van der Waals surface area contributed by atoms with Gasteiger partial charge in [0, 0.05) is 13.0 Å². The highest BCUT2D eigenvalue weighted by Crippen LogP contribution is 2.36. The average molecular weight is 944 g/mol. The van der Waals surface area contributed by atoms with E-state index in [2.05, 4.69) is 18.4 Å². The number of hydrogen-bond acceptors (Lipinski definition) is 5. The Morgan fingerprint density at radius 2 is 0.585 bits per heavy atom. The van der Waals surface area contributed by atoms with Gasteiger partial charge in [0.25, 0.3) is 0 Å². The molecule has 0 fully saturated rings. The van der Waals surface area contributed by atoms with Crippen molar-refractivity contribution < 1.29 is 33.1 Å². The summed E-state index contributed by atoms with van der Waals surface area (Å²) >= 11 is 0. The van der Waals surface area contributed by atoms with Crippen molar-refractivity contribution in [2.24, 2.45) is 0 Å². The van der Waals surface area contributed by atoms with E-state index < -0.39 is 13.9 Å². The Morgan fingerprint density at radius 1 is 0.354 bits per heavy atom. The van der Waals surface area contributed by atoms with Crippen LogP contribution >= 0.6 is 7.82 Å². The number of hydrogen-bond donors (Lipinski definition) is 2. The van der Waals surface area contributed by atoms with Crippen LogP contribution in [0.5, 0.6) is 0 Å². The molecule has 1 atom stereocenters. The highest BCUT2D eigenvalue weighted by molar-refractivity contribution is 7.46. The molecule has 0 amide bonds. The molecule has 0 aromatic carbocycles. The Bertz CT molecular complexity index is 958. The SMILES string of the molecule is CCCCCCCCCCCCCCCCCCCCCCCCCCCCCCCC(=O)O[C@H](COCCCCCCCCCCCCCCCCCCCCCC)COP(=O)(O)O. The van der Waals surface area contributed by atoms with Crippen molar-refractivity contribution in [3.8, 4) is 0 Å². The third-order valence-corrected chi connectivity index (χ3v) is 14.1. The fourth-order valence-corrected chi connectivity index (χ4v) is 9.69. The fourth-order valence-electron chi connectivity index (χ4n) is 9.33. The molecule has 0 aliphatic carbocycles. The van der Waals surface area contributed by atoms with E-state index in [1.807, 2.05) is 0 Å². The van der Waals surface area contributed by atoms with Gasteiger partial charge in [-0.15, -0.1) is 0 Å². The highest BCUT2D eigenvalue weighted by atomic mass is 31.2. The zero-order valence-corrected chi connectivity index (χ0v) is 44.8. The van der Waals surface area contributed by atoms with E-state index in [-0.39, 0.29) is 19.2 Å². The largest absolute Gasteiger partial charge is 0.469 e. The van der Waals surface area contributed by atoms with Crippen molar-refractivity contribution in [2.75, 3.05) is 19.8 Å². The maximum atomic E-state index is 12.5. The molecule has 0 saturated carbocycles. The van der Waals surface area contributed by atoms with Gasteiger partial charge in [-0.2, -0.15) is 0 Å². The van der Waals surface area contributed by atoms with Gasteiger partial charge in [0.1, 0.15) is 6.10 Å². The van der Waals surface area contributed by atoms with Crippen LogP contribution in [-0.4, -0.2) is 41.7 Å². The molecule has 0 aromatic rings. The van der Waals surface area contributed by atoms with Crippen LogP contribution in [0, 0.1) is 0 Å². The van der Waals surface area contributed by atoms with Gasteiger partial charge in [-0.3, -0.25) is 9.32 Å². The van der Waals surface area contributed by atoms with Crippen LogP contribution in [0.25, 0.3) is 0 Å². The van der Waals surface area contributed by atoms with E-state index >= 15 is 0 Å². The summed E-state index contributed by atoms with van der Waals surface area (Å²) in [5, 5.41) is 0. The molecule has 0 bridgehead atoms. The Morgan fingerprint density at radius 3 is 0.831 bits per heavy atom. The predicted octanol–water partition coefficient (Wildman–Crippen LogP) is 19.6. The number of phosphoric ester groups is 1. The minimum absolute atomic E-state index is 0.0878. The van der Waals surface area contributed by atoms with Crippen LogP contribution in [0.2, 0.25) is 0 Å². The van der Waals surface area contributed by atoms with Gasteiger partial charge in [-0.05, 0) is 12.8 Å². The van der Waals surface area contributed by atoms with Gasteiger partial charge in [-0.25, -0.2) is 4.57 Å². The zero-order chi connectivity index (χ0) is 47.3. The molecule has 0 unspecified atom stereocenters. The lowest BCUT2D eigenvalue weighted by molar-refractivity contribution is -0.154. The van der Waals surface area contributed by atoms with Gasteiger partial charge in [-0.1, -0.05) is 316 Å². The van der Waals surface area contributed by atoms with E-state index in [1.165, 1.54) is 283 Å². The number of carbonyl (C=O) groups excluding carboxylic acids is 1. The predicted molar refractivity (Wildman–Crippen MR) is 281 cm³/mol. The van der Waals surface area contributed by atoms with Crippen LogP contribution in [-0.2, 0) is 23.4 Å². The summed E-state index contributed by atoms with van der Waals surface area (Å²) in [7, 11) is -4.66. The van der Waals surface area contributed by atoms with Crippen LogP contribution in [0.3, 0.4) is 0 Å². The normalized spacial score (nSPS) is 12.4. The van der Waals surface area contributed by atoms with E-state index in [4.69, 9.17) is 9.47 Å². The monoisotopic (exact) mass is 943 g/mol. The minimum atomic E-state index is -4.66. The first-order valence-electron chi connectivity index (χ1n) is 29.4. The van der Waals surface area contributed by atoms with Gasteiger partial charge in [0.05, 0.1) is 13.2 Å². The summed E-state index contributed by atoms with van der Waals surface area (Å²) in [5.41, 5.74) is 0. The lowest BCUT2D eigenvalue weighted by Gasteiger charge is -2.18. The lowest BCUT2D eigenvalue weighted by atomic mass is 10.0. The molecule has 0 aliphatic rings. The molecular formula is C57H115O7P. The smallest absolute Gasteiger partial charge is 0.457 e. The quantitative estimate of drug-likeness (QED) is 0.0356. The van der Waals surface area contributed by atoms with Crippen LogP contribution in [0.4, 0.5) is 0 Å². The number of rotatable bonds is 57. The number of ether oxygens (including phenoxy) is 2.